The molecule has 0 bridgehead atoms. The van der Waals surface area contributed by atoms with Crippen molar-refractivity contribution in [3.05, 3.63) is 169 Å². The van der Waals surface area contributed by atoms with Crippen molar-refractivity contribution in [3.63, 3.8) is 0 Å². The van der Waals surface area contributed by atoms with Crippen LogP contribution in [0.2, 0.25) is 39.3 Å². The fourth-order valence-corrected chi connectivity index (χ4v) is 12.7. The van der Waals surface area contributed by atoms with Crippen molar-refractivity contribution >= 4 is 91.8 Å². The highest BCUT2D eigenvalue weighted by atomic mass is 28.3. The third-order valence-corrected chi connectivity index (χ3v) is 18.0. The summed E-state index contributed by atoms with van der Waals surface area (Å²) in [7, 11) is -3.04. The molecule has 0 atom stereocenters. The predicted octanol–water partition coefficient (Wildman–Crippen LogP) is 16.7. The number of fused-ring (bicyclic) bond motifs is 9. The zero-order chi connectivity index (χ0) is 45.8. The summed E-state index contributed by atoms with van der Waals surface area (Å²) in [5, 5.41) is 12.5. The molecule has 0 fully saturated rings. The molecule has 2 aromatic heterocycles. The Kier molecular flexibility index (Phi) is 9.92. The highest BCUT2D eigenvalue weighted by Gasteiger charge is 2.28. The fraction of sp³-hybridized carbons (Fsp3) is 0.197. The van der Waals surface area contributed by atoms with Gasteiger partial charge in [-0.2, -0.15) is 0 Å². The van der Waals surface area contributed by atoms with Gasteiger partial charge in [-0.15, -0.1) is 0 Å². The van der Waals surface area contributed by atoms with Gasteiger partial charge in [0.15, 0.2) is 0 Å². The quantitative estimate of drug-likeness (QED) is 0.112. The summed E-state index contributed by atoms with van der Waals surface area (Å²) in [6, 6.07) is 59.1. The van der Waals surface area contributed by atoms with E-state index in [1.807, 2.05) is 0 Å². The van der Waals surface area contributed by atoms with Crippen LogP contribution < -0.4 is 10.4 Å². The SMILES string of the molecule is CC(C)c1cc(-c2ccc(-c3cc([Si](C)(C)C)cc([Si](C)(C)C)c3)cc2)cc(C(C)C)c1-n1c(-c2cccc3c2oc2cc4c(ccc5ccccc54)cc23)nc2ccc3ccccc3c21. The van der Waals surface area contributed by atoms with E-state index < -0.39 is 16.1 Å². The Morgan fingerprint density at radius 2 is 1.00 bits per heavy atom. The van der Waals surface area contributed by atoms with Crippen molar-refractivity contribution in [1.29, 1.82) is 0 Å². The largest absolute Gasteiger partial charge is 0.455 e. The second kappa shape index (κ2) is 15.5. The maximum atomic E-state index is 7.04. The third-order valence-electron chi connectivity index (χ3n) is 14.0. The van der Waals surface area contributed by atoms with E-state index in [-0.39, 0.29) is 11.8 Å². The zero-order valence-corrected chi connectivity index (χ0v) is 42.0. The molecule has 0 aliphatic carbocycles. The molecule has 11 aromatic rings. The lowest BCUT2D eigenvalue weighted by Crippen LogP contribution is -2.45. The van der Waals surface area contributed by atoms with Crippen molar-refractivity contribution in [2.24, 2.45) is 0 Å². The molecule has 0 aliphatic rings. The molecule has 9 aromatic carbocycles. The van der Waals surface area contributed by atoms with E-state index in [1.54, 1.807) is 10.4 Å². The van der Waals surface area contributed by atoms with Crippen LogP contribution in [-0.2, 0) is 0 Å². The number of hydrogen-bond donors (Lipinski definition) is 0. The van der Waals surface area contributed by atoms with E-state index in [4.69, 9.17) is 9.40 Å². The molecule has 0 spiro atoms. The number of hydrogen-bond acceptors (Lipinski definition) is 2. The lowest BCUT2D eigenvalue weighted by molar-refractivity contribution is 0.670. The first-order valence-electron chi connectivity index (χ1n) is 23.7. The molecule has 0 aliphatic heterocycles. The van der Waals surface area contributed by atoms with Gasteiger partial charge < -0.3 is 4.42 Å². The van der Waals surface area contributed by atoms with Crippen molar-refractivity contribution in [1.82, 2.24) is 9.55 Å². The summed E-state index contributed by atoms with van der Waals surface area (Å²) in [5.74, 6) is 1.34. The Bertz CT molecular complexity index is 3660. The van der Waals surface area contributed by atoms with Gasteiger partial charge in [0.05, 0.1) is 38.4 Å². The molecule has 0 amide bonds. The van der Waals surface area contributed by atoms with Crippen LogP contribution in [0.15, 0.2) is 162 Å². The van der Waals surface area contributed by atoms with E-state index in [0.717, 1.165) is 44.4 Å². The van der Waals surface area contributed by atoms with Crippen LogP contribution in [0.25, 0.3) is 105 Å². The smallest absolute Gasteiger partial charge is 0.149 e. The molecule has 5 heteroatoms. The molecular formula is C61H58N2OSi2. The minimum absolute atomic E-state index is 0.227. The molecule has 3 nitrogen and oxygen atoms in total. The molecule has 0 radical (unpaired) electrons. The van der Waals surface area contributed by atoms with Crippen LogP contribution in [0.4, 0.5) is 0 Å². The molecular weight excluding hydrogens is 833 g/mol. The number of imidazole rings is 1. The van der Waals surface area contributed by atoms with Gasteiger partial charge in [-0.1, -0.05) is 199 Å². The summed E-state index contributed by atoms with van der Waals surface area (Å²) in [6.45, 7) is 24.1. The summed E-state index contributed by atoms with van der Waals surface area (Å²) >= 11 is 0. The molecule has 0 saturated carbocycles. The summed E-state index contributed by atoms with van der Waals surface area (Å²) < 4.78 is 9.53. The monoisotopic (exact) mass is 890 g/mol. The van der Waals surface area contributed by atoms with E-state index in [1.165, 1.54) is 71.4 Å². The van der Waals surface area contributed by atoms with Gasteiger partial charge in [-0.25, -0.2) is 4.98 Å². The average Bonchev–Trinajstić information content (AvgIpc) is 3.88. The normalized spacial score (nSPS) is 12.7. The lowest BCUT2D eigenvalue weighted by atomic mass is 9.87. The van der Waals surface area contributed by atoms with Crippen LogP contribution in [0.5, 0.6) is 0 Å². The minimum atomic E-state index is -1.52. The summed E-state index contributed by atoms with van der Waals surface area (Å²) in [4.78, 5) is 5.60. The van der Waals surface area contributed by atoms with Gasteiger partial charge in [0.2, 0.25) is 0 Å². The Hall–Kier alpha value is -6.54. The second-order valence-electron chi connectivity index (χ2n) is 21.3. The molecule has 66 heavy (non-hydrogen) atoms. The fourth-order valence-electron chi connectivity index (χ4n) is 10.2. The maximum Gasteiger partial charge on any atom is 0.149 e. The predicted molar refractivity (Wildman–Crippen MR) is 291 cm³/mol. The van der Waals surface area contributed by atoms with E-state index in [2.05, 4.69) is 229 Å². The van der Waals surface area contributed by atoms with E-state index in [9.17, 15) is 0 Å². The Morgan fingerprint density at radius 3 is 1.62 bits per heavy atom. The highest BCUT2D eigenvalue weighted by Crippen LogP contribution is 2.45. The van der Waals surface area contributed by atoms with Gasteiger partial charge in [0, 0.05) is 16.2 Å². The number of benzene rings is 9. The van der Waals surface area contributed by atoms with E-state index >= 15 is 0 Å². The van der Waals surface area contributed by atoms with E-state index in [0.29, 0.717) is 0 Å². The van der Waals surface area contributed by atoms with Gasteiger partial charge in [-0.05, 0) is 109 Å². The Labute approximate surface area is 390 Å². The molecule has 11 rings (SSSR count). The van der Waals surface area contributed by atoms with Crippen molar-refractivity contribution < 1.29 is 4.42 Å². The number of aromatic nitrogens is 2. The van der Waals surface area contributed by atoms with Crippen LogP contribution in [0.3, 0.4) is 0 Å². The number of furan rings is 1. The van der Waals surface area contributed by atoms with Gasteiger partial charge >= 0.3 is 0 Å². The number of rotatable bonds is 8. The van der Waals surface area contributed by atoms with Crippen molar-refractivity contribution in [3.8, 4) is 39.3 Å². The highest BCUT2D eigenvalue weighted by molar-refractivity contribution is 6.91. The first kappa shape index (κ1) is 42.1. The van der Waals surface area contributed by atoms with Gasteiger partial charge in [0.25, 0.3) is 0 Å². The van der Waals surface area contributed by atoms with Crippen molar-refractivity contribution in [2.45, 2.75) is 78.8 Å². The Balaban J connectivity index is 1.13. The third kappa shape index (κ3) is 7.03. The molecule has 326 valence electrons. The molecule has 2 heterocycles. The molecule has 0 saturated heterocycles. The zero-order valence-electron chi connectivity index (χ0n) is 40.0. The molecule has 0 N–H and O–H groups in total. The minimum Gasteiger partial charge on any atom is -0.455 e. The van der Waals surface area contributed by atoms with Crippen LogP contribution in [0, 0.1) is 0 Å². The number of nitrogens with zero attached hydrogens (tertiary/aromatic N) is 2. The topological polar surface area (TPSA) is 31.0 Å². The van der Waals surface area contributed by atoms with Gasteiger partial charge in [-0.3, -0.25) is 4.57 Å². The average molecular weight is 891 g/mol. The lowest BCUT2D eigenvalue weighted by Gasteiger charge is -2.25. The molecule has 0 unspecified atom stereocenters. The van der Waals surface area contributed by atoms with Crippen molar-refractivity contribution in [2.75, 3.05) is 0 Å². The first-order valence-corrected chi connectivity index (χ1v) is 30.7. The number of para-hydroxylation sites is 1. The second-order valence-corrected chi connectivity index (χ2v) is 31.4. The van der Waals surface area contributed by atoms with Crippen LogP contribution in [0.1, 0.15) is 50.7 Å². The summed E-state index contributed by atoms with van der Waals surface area (Å²) in [5.41, 5.74) is 13.7. The van der Waals surface area contributed by atoms with Crippen LogP contribution >= 0.6 is 0 Å². The first-order chi connectivity index (χ1) is 31.6. The summed E-state index contributed by atoms with van der Waals surface area (Å²) in [6.07, 6.45) is 0. The maximum absolute atomic E-state index is 7.04. The Morgan fingerprint density at radius 1 is 0.455 bits per heavy atom. The standard InChI is InChI=1S/C61H58N2OSi2/c1-37(2)52-33-45(40-24-22-39(23-25-40)44-30-46(65(5,6)7)35-47(31-44)66(8,9)10)34-53(38(3)4)58(52)63-59-49-19-14-12-17-42(49)28-29-56(59)62-61(63)51-21-15-20-50-55-32-43-27-26-41-16-11-13-18-48(41)54(43)36-57(55)64-60(50)51/h11-38H,1-10H3. The van der Waals surface area contributed by atoms with Gasteiger partial charge in [0.1, 0.15) is 17.0 Å². The van der Waals surface area contributed by atoms with Crippen LogP contribution in [-0.4, -0.2) is 25.7 Å².